The van der Waals surface area contributed by atoms with E-state index in [4.69, 9.17) is 34.7 Å². The van der Waals surface area contributed by atoms with E-state index in [2.05, 4.69) is 0 Å². The highest BCUT2D eigenvalue weighted by atomic mass is 35.5. The molecule has 118 valence electrons. The minimum absolute atomic E-state index is 0.00423. The highest BCUT2D eigenvalue weighted by Gasteiger charge is 2.27. The summed E-state index contributed by atoms with van der Waals surface area (Å²) in [5, 5.41) is 8.82. The average Bonchev–Trinajstić information content (AvgIpc) is 2.37. The first kappa shape index (κ1) is 18.2. The van der Waals surface area contributed by atoms with Crippen LogP contribution in [0, 0.1) is 0 Å². The lowest BCUT2D eigenvalue weighted by Gasteiger charge is -2.21. The van der Waals surface area contributed by atoms with Crippen LogP contribution in [0.4, 0.5) is 8.78 Å². The Hall–Kier alpha value is -0.870. The molecule has 0 spiro atoms. The van der Waals surface area contributed by atoms with Crippen molar-refractivity contribution in [2.75, 3.05) is 19.7 Å². The fraction of sp³-hybridized carbons (Fsp3) is 0.364. The van der Waals surface area contributed by atoms with Gasteiger partial charge < -0.3 is 10.8 Å². The largest absolute Gasteiger partial charge is 0.395 e. The first-order chi connectivity index (χ1) is 9.70. The molecule has 1 aromatic rings. The number of alkyl halides is 2. The van der Waals surface area contributed by atoms with Gasteiger partial charge >= 0.3 is 0 Å². The summed E-state index contributed by atoms with van der Waals surface area (Å²) in [6.45, 7) is -2.04. The van der Waals surface area contributed by atoms with Crippen LogP contribution in [0.15, 0.2) is 23.1 Å². The van der Waals surface area contributed by atoms with Gasteiger partial charge in [-0.3, -0.25) is 0 Å². The SMILES string of the molecule is NC(=S)c1ccc(S(=O)(=O)N(CCO)CC(F)F)cc1Cl. The van der Waals surface area contributed by atoms with Crippen LogP contribution >= 0.6 is 23.8 Å². The van der Waals surface area contributed by atoms with Gasteiger partial charge in [0.1, 0.15) is 4.99 Å². The number of aliphatic hydroxyl groups excluding tert-OH is 1. The van der Waals surface area contributed by atoms with Gasteiger partial charge in [-0.1, -0.05) is 23.8 Å². The highest BCUT2D eigenvalue weighted by molar-refractivity contribution is 7.89. The number of hydrogen-bond acceptors (Lipinski definition) is 4. The Labute approximate surface area is 131 Å². The molecule has 0 atom stereocenters. The molecule has 1 aromatic carbocycles. The van der Waals surface area contributed by atoms with E-state index in [1.165, 1.54) is 12.1 Å². The maximum Gasteiger partial charge on any atom is 0.252 e. The maximum absolute atomic E-state index is 12.5. The number of sulfonamides is 1. The summed E-state index contributed by atoms with van der Waals surface area (Å²) in [5.41, 5.74) is 5.69. The van der Waals surface area contributed by atoms with Crippen LogP contribution < -0.4 is 5.73 Å². The van der Waals surface area contributed by atoms with Gasteiger partial charge in [0, 0.05) is 12.1 Å². The minimum atomic E-state index is -4.20. The molecule has 0 heterocycles. The molecule has 0 aliphatic rings. The summed E-state index contributed by atoms with van der Waals surface area (Å²) in [4.78, 5) is -0.287. The third kappa shape index (κ3) is 4.55. The van der Waals surface area contributed by atoms with Crippen LogP contribution in [0.2, 0.25) is 5.02 Å². The summed E-state index contributed by atoms with van der Waals surface area (Å²) >= 11 is 10.6. The molecule has 5 nitrogen and oxygen atoms in total. The zero-order valence-electron chi connectivity index (χ0n) is 10.7. The van der Waals surface area contributed by atoms with Crippen LogP contribution in [0.1, 0.15) is 5.56 Å². The molecule has 0 saturated carbocycles. The molecular weight excluding hydrogens is 346 g/mol. The molecule has 3 N–H and O–H groups in total. The normalized spacial score (nSPS) is 12.1. The van der Waals surface area contributed by atoms with Crippen LogP contribution in [0.5, 0.6) is 0 Å². The van der Waals surface area contributed by atoms with Gasteiger partial charge in [0.25, 0.3) is 6.43 Å². The van der Waals surface area contributed by atoms with Gasteiger partial charge in [-0.2, -0.15) is 4.31 Å². The monoisotopic (exact) mass is 358 g/mol. The molecule has 0 fully saturated rings. The Bertz CT molecular complexity index is 626. The molecule has 0 saturated heterocycles. The van der Waals surface area contributed by atoms with Crippen molar-refractivity contribution in [3.05, 3.63) is 28.8 Å². The van der Waals surface area contributed by atoms with Gasteiger partial charge in [-0.15, -0.1) is 0 Å². The van der Waals surface area contributed by atoms with Crippen molar-refractivity contribution < 1.29 is 22.3 Å². The van der Waals surface area contributed by atoms with E-state index in [9.17, 15) is 17.2 Å². The fourth-order valence-corrected chi connectivity index (χ4v) is 3.60. The van der Waals surface area contributed by atoms with E-state index in [-0.39, 0.29) is 20.5 Å². The van der Waals surface area contributed by atoms with Crippen molar-refractivity contribution in [1.29, 1.82) is 0 Å². The standard InChI is InChI=1S/C11H13ClF2N2O3S2/c12-9-5-7(1-2-8(9)11(15)20)21(18,19)16(3-4-17)6-10(13)14/h1-2,5,10,17H,3-4,6H2,(H2,15,20). The molecule has 1 rings (SSSR count). The summed E-state index contributed by atoms with van der Waals surface area (Å²) in [7, 11) is -4.20. The molecule has 0 aliphatic heterocycles. The number of nitrogens with zero attached hydrogens (tertiary/aromatic N) is 1. The Kier molecular flexibility index (Phi) is 6.41. The lowest BCUT2D eigenvalue weighted by Crippen LogP contribution is -2.37. The second kappa shape index (κ2) is 7.41. The molecule has 21 heavy (non-hydrogen) atoms. The van der Waals surface area contributed by atoms with Gasteiger partial charge in [0.15, 0.2) is 0 Å². The van der Waals surface area contributed by atoms with Crippen LogP contribution in [-0.4, -0.2) is 48.9 Å². The van der Waals surface area contributed by atoms with Gasteiger partial charge in [-0.25, -0.2) is 17.2 Å². The molecule has 0 amide bonds. The van der Waals surface area contributed by atoms with Gasteiger partial charge in [0.2, 0.25) is 10.0 Å². The summed E-state index contributed by atoms with van der Waals surface area (Å²) in [6, 6.07) is 3.56. The van der Waals surface area contributed by atoms with Crippen LogP contribution in [0.3, 0.4) is 0 Å². The molecule has 10 heteroatoms. The van der Waals surface area contributed by atoms with E-state index >= 15 is 0 Å². The highest BCUT2D eigenvalue weighted by Crippen LogP contribution is 2.23. The average molecular weight is 359 g/mol. The lowest BCUT2D eigenvalue weighted by molar-refractivity contribution is 0.113. The number of hydrogen-bond donors (Lipinski definition) is 2. The zero-order chi connectivity index (χ0) is 16.2. The number of aliphatic hydroxyl groups is 1. The summed E-state index contributed by atoms with van der Waals surface area (Å²) in [5.74, 6) is 0. The number of benzene rings is 1. The van der Waals surface area contributed by atoms with Crippen LogP contribution in [0.25, 0.3) is 0 Å². The minimum Gasteiger partial charge on any atom is -0.395 e. The first-order valence-electron chi connectivity index (χ1n) is 5.68. The molecular formula is C11H13ClF2N2O3S2. The first-order valence-corrected chi connectivity index (χ1v) is 7.91. The molecule has 0 aromatic heterocycles. The molecule has 0 unspecified atom stereocenters. The topological polar surface area (TPSA) is 83.6 Å². The zero-order valence-corrected chi connectivity index (χ0v) is 13.1. The number of rotatable bonds is 7. The Morgan fingerprint density at radius 1 is 1.48 bits per heavy atom. The van der Waals surface area contributed by atoms with E-state index in [1.807, 2.05) is 0 Å². The molecule has 0 radical (unpaired) electrons. The second-order valence-corrected chi connectivity index (χ2v) is 6.77. The third-order valence-electron chi connectivity index (χ3n) is 2.53. The Balaban J connectivity index is 3.21. The van der Waals surface area contributed by atoms with Crippen molar-refractivity contribution in [2.45, 2.75) is 11.3 Å². The van der Waals surface area contributed by atoms with Crippen molar-refractivity contribution in [3.8, 4) is 0 Å². The van der Waals surface area contributed by atoms with Crippen molar-refractivity contribution in [2.24, 2.45) is 5.73 Å². The predicted octanol–water partition coefficient (Wildman–Crippen LogP) is 1.22. The Morgan fingerprint density at radius 3 is 2.52 bits per heavy atom. The maximum atomic E-state index is 12.5. The number of nitrogens with two attached hydrogens (primary N) is 1. The smallest absolute Gasteiger partial charge is 0.252 e. The molecule has 0 aliphatic carbocycles. The van der Waals surface area contributed by atoms with E-state index < -0.39 is 36.1 Å². The number of thiocarbonyl (C=S) groups is 1. The van der Waals surface area contributed by atoms with Crippen molar-refractivity contribution in [3.63, 3.8) is 0 Å². The van der Waals surface area contributed by atoms with E-state index in [0.717, 1.165) is 6.07 Å². The van der Waals surface area contributed by atoms with Crippen LogP contribution in [-0.2, 0) is 10.0 Å². The predicted molar refractivity (Wildman–Crippen MR) is 79.2 cm³/mol. The summed E-state index contributed by atoms with van der Waals surface area (Å²) < 4.78 is 49.9. The van der Waals surface area contributed by atoms with E-state index in [1.54, 1.807) is 0 Å². The lowest BCUT2D eigenvalue weighted by atomic mass is 10.2. The Morgan fingerprint density at radius 2 is 2.10 bits per heavy atom. The third-order valence-corrected chi connectivity index (χ3v) is 4.93. The van der Waals surface area contributed by atoms with Crippen molar-refractivity contribution in [1.82, 2.24) is 4.31 Å². The van der Waals surface area contributed by atoms with Gasteiger partial charge in [0.05, 0.1) is 23.1 Å². The summed E-state index contributed by atoms with van der Waals surface area (Å²) in [6.07, 6.45) is -2.86. The number of halogens is 3. The van der Waals surface area contributed by atoms with E-state index in [0.29, 0.717) is 4.31 Å². The van der Waals surface area contributed by atoms with Gasteiger partial charge in [-0.05, 0) is 18.2 Å². The molecule has 0 bridgehead atoms. The quantitative estimate of drug-likeness (QED) is 0.716. The van der Waals surface area contributed by atoms with Crippen molar-refractivity contribution >= 4 is 38.8 Å². The fourth-order valence-electron chi connectivity index (χ4n) is 1.58. The second-order valence-electron chi connectivity index (χ2n) is 3.98.